The molecule has 11 nitrogen and oxygen atoms in total. The summed E-state index contributed by atoms with van der Waals surface area (Å²) in [5.74, 6) is 0.448. The van der Waals surface area contributed by atoms with E-state index in [1.165, 1.54) is 7.05 Å². The van der Waals surface area contributed by atoms with Crippen molar-refractivity contribution in [2.75, 3.05) is 29.8 Å². The van der Waals surface area contributed by atoms with Crippen molar-refractivity contribution < 1.29 is 40.4 Å². The molecule has 2 aliphatic rings. The van der Waals surface area contributed by atoms with Crippen molar-refractivity contribution in [2.45, 2.75) is 29.4 Å². The summed E-state index contributed by atoms with van der Waals surface area (Å²) in [6, 6.07) is 24.7. The van der Waals surface area contributed by atoms with Gasteiger partial charge >= 0.3 is 16.6 Å². The Kier molecular flexibility index (Phi) is 8.80. The molecule has 2 aliphatic heterocycles. The van der Waals surface area contributed by atoms with Gasteiger partial charge in [0.2, 0.25) is 0 Å². The highest BCUT2D eigenvalue weighted by Gasteiger charge is 2.46. The van der Waals surface area contributed by atoms with Crippen LogP contribution in [0.25, 0.3) is 0 Å². The number of benzene rings is 4. The smallest absolute Gasteiger partial charge is 0.453 e. The number of piperidine rings is 1. The van der Waals surface area contributed by atoms with Crippen LogP contribution in [-0.2, 0) is 20.1 Å². The first-order chi connectivity index (χ1) is 22.4. The van der Waals surface area contributed by atoms with Crippen molar-refractivity contribution in [3.05, 3.63) is 103 Å². The Morgan fingerprint density at radius 3 is 2.00 bits per heavy atom. The summed E-state index contributed by atoms with van der Waals surface area (Å²) >= 11 is 0. The third-order valence-corrected chi connectivity index (χ3v) is 11.2. The molecule has 47 heavy (non-hydrogen) atoms. The molecule has 0 radical (unpaired) electrons. The second-order valence-electron chi connectivity index (χ2n) is 10.7. The standard InChI is InChI=1S/C31H30F3N5O6S2/c1-35-46(41,23-17-15-22(16-18-23)45-31(32,33)34)37-24-19-38(47(42,43)36-21-9-3-2-4-10-21)20-27(30(24)40)39-25-11-5-7-13-28(25)44-29-14-8-6-12-26(29)39/h2-18,24,27,30,36,40H,19-20H2,1H3,(H,35,37,41). The number of anilines is 3. The average Bonchev–Trinajstić information content (AvgIpc) is 3.04. The van der Waals surface area contributed by atoms with Gasteiger partial charge in [0.15, 0.2) is 11.5 Å². The minimum absolute atomic E-state index is 0.00253. The van der Waals surface area contributed by atoms with Gasteiger partial charge in [-0.15, -0.1) is 13.2 Å². The van der Waals surface area contributed by atoms with Gasteiger partial charge in [0.05, 0.1) is 34.5 Å². The molecule has 3 N–H and O–H groups in total. The Morgan fingerprint density at radius 2 is 1.43 bits per heavy atom. The minimum atomic E-state index is -4.92. The third-order valence-electron chi connectivity index (χ3n) is 7.70. The molecular formula is C31H30F3N5O6S2. The number of fused-ring (bicyclic) bond motifs is 2. The number of halogens is 3. The maximum absolute atomic E-state index is 14.2. The number of para-hydroxylation sites is 5. The number of aliphatic hydroxyl groups excluding tert-OH is 1. The molecule has 0 aromatic heterocycles. The highest BCUT2D eigenvalue weighted by molar-refractivity contribution is 7.91. The van der Waals surface area contributed by atoms with Crippen LogP contribution >= 0.6 is 0 Å². The molecule has 248 valence electrons. The predicted molar refractivity (Wildman–Crippen MR) is 170 cm³/mol. The molecule has 4 aromatic carbocycles. The Labute approximate surface area is 270 Å². The lowest BCUT2D eigenvalue weighted by atomic mass is 9.96. The van der Waals surface area contributed by atoms with Crippen LogP contribution in [0.2, 0.25) is 0 Å². The van der Waals surface area contributed by atoms with Gasteiger partial charge in [0.25, 0.3) is 0 Å². The topological polar surface area (TPSA) is 133 Å². The van der Waals surface area contributed by atoms with E-state index in [1.807, 2.05) is 0 Å². The molecule has 0 bridgehead atoms. The van der Waals surface area contributed by atoms with Gasteiger partial charge in [-0.1, -0.05) is 42.5 Å². The number of rotatable bonds is 8. The number of alkyl halides is 3. The summed E-state index contributed by atoms with van der Waals surface area (Å²) in [6.45, 7) is -0.507. The SMILES string of the molecule is CN=S(=O)(NC1CN(S(=O)(=O)Nc2ccccc2)CC(N2c3ccccc3Oc3ccccc32)C1O)c1ccc(OC(F)(F)F)cc1. The summed E-state index contributed by atoms with van der Waals surface area (Å²) in [5.41, 5.74) is 1.46. The first-order valence-electron chi connectivity index (χ1n) is 14.3. The van der Waals surface area contributed by atoms with Gasteiger partial charge in [-0.3, -0.25) is 4.72 Å². The van der Waals surface area contributed by atoms with Crippen molar-refractivity contribution in [3.8, 4) is 17.2 Å². The Hall–Kier alpha value is -4.35. The van der Waals surface area contributed by atoms with Crippen molar-refractivity contribution in [1.82, 2.24) is 9.03 Å². The van der Waals surface area contributed by atoms with E-state index in [9.17, 15) is 30.9 Å². The van der Waals surface area contributed by atoms with Gasteiger partial charge in [-0.2, -0.15) is 12.7 Å². The number of ether oxygens (including phenoxy) is 2. The number of nitrogens with one attached hydrogen (secondary N) is 2. The van der Waals surface area contributed by atoms with Crippen LogP contribution in [0.5, 0.6) is 17.2 Å². The third kappa shape index (κ3) is 6.87. The van der Waals surface area contributed by atoms with E-state index in [2.05, 4.69) is 18.5 Å². The Bertz CT molecular complexity index is 1930. The maximum Gasteiger partial charge on any atom is 0.573 e. The van der Waals surface area contributed by atoms with Crippen LogP contribution in [-0.4, -0.2) is 66.7 Å². The molecule has 0 spiro atoms. The zero-order valence-corrected chi connectivity index (χ0v) is 26.4. The number of hydrogen-bond donors (Lipinski definition) is 3. The molecular weight excluding hydrogens is 659 g/mol. The van der Waals surface area contributed by atoms with Gasteiger partial charge in [-0.05, 0) is 60.7 Å². The molecule has 1 saturated heterocycles. The molecule has 4 unspecified atom stereocenters. The fraction of sp³-hybridized carbons (Fsp3) is 0.226. The van der Waals surface area contributed by atoms with Crippen molar-refractivity contribution >= 4 is 37.2 Å². The van der Waals surface area contributed by atoms with Crippen LogP contribution in [0.15, 0.2) is 112 Å². The lowest BCUT2D eigenvalue weighted by Gasteiger charge is -2.47. The Morgan fingerprint density at radius 1 is 0.851 bits per heavy atom. The van der Waals surface area contributed by atoms with Crippen LogP contribution in [0.1, 0.15) is 0 Å². The molecule has 4 atom stereocenters. The summed E-state index contributed by atoms with van der Waals surface area (Å²) in [6.07, 6.45) is -6.26. The zero-order valence-electron chi connectivity index (χ0n) is 24.7. The molecule has 1 fully saturated rings. The fourth-order valence-corrected chi connectivity index (χ4v) is 8.44. The van der Waals surface area contributed by atoms with Crippen LogP contribution in [0.4, 0.5) is 30.2 Å². The monoisotopic (exact) mass is 689 g/mol. The van der Waals surface area contributed by atoms with Crippen molar-refractivity contribution in [2.24, 2.45) is 4.36 Å². The van der Waals surface area contributed by atoms with Gasteiger partial charge in [0, 0.05) is 25.8 Å². The van der Waals surface area contributed by atoms with Gasteiger partial charge in [-0.25, -0.2) is 13.3 Å². The van der Waals surface area contributed by atoms with E-state index in [4.69, 9.17) is 4.74 Å². The van der Waals surface area contributed by atoms with Crippen molar-refractivity contribution in [3.63, 3.8) is 0 Å². The summed E-state index contributed by atoms with van der Waals surface area (Å²) < 4.78 is 101. The Balaban J connectivity index is 1.40. The summed E-state index contributed by atoms with van der Waals surface area (Å²) in [7, 11) is -6.60. The molecule has 2 heterocycles. The van der Waals surface area contributed by atoms with E-state index >= 15 is 0 Å². The van der Waals surface area contributed by atoms with Crippen LogP contribution < -0.4 is 23.8 Å². The quantitative estimate of drug-likeness (QED) is 0.230. The van der Waals surface area contributed by atoms with E-state index in [-0.39, 0.29) is 18.0 Å². The van der Waals surface area contributed by atoms with E-state index in [0.717, 1.165) is 28.6 Å². The molecule has 6 rings (SSSR count). The van der Waals surface area contributed by atoms with Crippen LogP contribution in [0.3, 0.4) is 0 Å². The normalized spacial score (nSPS) is 21.0. The number of aliphatic hydroxyl groups is 1. The van der Waals surface area contributed by atoms with E-state index in [0.29, 0.717) is 28.6 Å². The highest BCUT2D eigenvalue weighted by Crippen LogP contribution is 2.48. The molecule has 0 aliphatic carbocycles. The van der Waals surface area contributed by atoms with Gasteiger partial charge in [0.1, 0.15) is 15.7 Å². The second-order valence-corrected chi connectivity index (χ2v) is 14.5. The molecule has 0 saturated carbocycles. The molecule has 4 aromatic rings. The van der Waals surface area contributed by atoms with E-state index < -0.39 is 50.4 Å². The highest BCUT2D eigenvalue weighted by atomic mass is 32.2. The fourth-order valence-electron chi connectivity index (χ4n) is 5.59. The van der Waals surface area contributed by atoms with Crippen molar-refractivity contribution in [1.29, 1.82) is 0 Å². The summed E-state index contributed by atoms with van der Waals surface area (Å²) in [4.78, 5) is 1.80. The first-order valence-corrected chi connectivity index (χ1v) is 17.3. The number of nitrogens with zero attached hydrogens (tertiary/aromatic N) is 3. The lowest BCUT2D eigenvalue weighted by Crippen LogP contribution is -2.66. The van der Waals surface area contributed by atoms with Crippen LogP contribution in [0, 0.1) is 0 Å². The summed E-state index contributed by atoms with van der Waals surface area (Å²) in [5, 5.41) is 12.0. The molecule has 16 heteroatoms. The zero-order chi connectivity index (χ0) is 33.4. The van der Waals surface area contributed by atoms with Gasteiger partial charge < -0.3 is 19.5 Å². The first kappa shape index (κ1) is 32.6. The number of hydrogen-bond acceptors (Lipinski definition) is 8. The van der Waals surface area contributed by atoms with E-state index in [1.54, 1.807) is 83.8 Å². The second kappa shape index (κ2) is 12.7. The predicted octanol–water partition coefficient (Wildman–Crippen LogP) is 5.26. The lowest BCUT2D eigenvalue weighted by molar-refractivity contribution is -0.274. The largest absolute Gasteiger partial charge is 0.573 e. The maximum atomic E-state index is 14.2. The minimum Gasteiger partial charge on any atom is -0.453 e. The average molecular weight is 690 g/mol. The molecule has 0 amide bonds.